The van der Waals surface area contributed by atoms with Crippen LogP contribution in [0.2, 0.25) is 0 Å². The first-order valence-corrected chi connectivity index (χ1v) is 8.41. The molecule has 0 aliphatic carbocycles. The molecule has 1 atom stereocenters. The Bertz CT molecular complexity index is 838. The highest BCUT2D eigenvalue weighted by atomic mass is 79.9. The maximum Gasteiger partial charge on any atom is 0.323 e. The number of imidazole rings is 1. The van der Waals surface area contributed by atoms with Crippen molar-refractivity contribution in [1.29, 1.82) is 0 Å². The largest absolute Gasteiger partial charge is 0.323 e. The minimum Gasteiger partial charge on any atom is -0.320 e. The second-order valence-corrected chi connectivity index (χ2v) is 6.48. The van der Waals surface area contributed by atoms with Gasteiger partial charge in [0.15, 0.2) is 0 Å². The molecule has 2 aromatic carbocycles. The van der Waals surface area contributed by atoms with E-state index in [1.165, 1.54) is 4.90 Å². The zero-order chi connectivity index (χ0) is 15.0. The van der Waals surface area contributed by atoms with E-state index >= 15 is 0 Å². The van der Waals surface area contributed by atoms with Gasteiger partial charge in [0.2, 0.25) is 0 Å². The molecule has 0 aliphatic heterocycles. The lowest BCUT2D eigenvalue weighted by Gasteiger charge is -2.15. The van der Waals surface area contributed by atoms with Crippen molar-refractivity contribution in [3.8, 4) is 0 Å². The van der Waals surface area contributed by atoms with Crippen LogP contribution in [0, 0.1) is 0 Å². The van der Waals surface area contributed by atoms with Crippen molar-refractivity contribution in [2.75, 3.05) is 6.26 Å². The lowest BCUT2D eigenvalue weighted by Crippen LogP contribution is -2.12. The molecule has 0 amide bonds. The van der Waals surface area contributed by atoms with Crippen molar-refractivity contribution in [3.05, 3.63) is 62.5 Å². The minimum atomic E-state index is -0.252. The molecule has 0 aliphatic rings. The third-order valence-corrected chi connectivity index (χ3v) is 4.87. The maximum absolute atomic E-state index is 11.4. The molecule has 1 heterocycles. The number of benzene rings is 2. The number of aromatic amines is 2. The van der Waals surface area contributed by atoms with Crippen molar-refractivity contribution in [2.24, 2.45) is 5.73 Å². The molecule has 3 rings (SSSR count). The lowest BCUT2D eigenvalue weighted by atomic mass is 9.99. The fraction of sp³-hybridized carbons (Fsp3) is 0.133. The van der Waals surface area contributed by atoms with Gasteiger partial charge in [-0.3, -0.25) is 0 Å². The summed E-state index contributed by atoms with van der Waals surface area (Å²) in [5, 5.41) is 0. The van der Waals surface area contributed by atoms with E-state index in [0.29, 0.717) is 0 Å². The van der Waals surface area contributed by atoms with Crippen LogP contribution >= 0.6 is 27.7 Å². The van der Waals surface area contributed by atoms with Crippen molar-refractivity contribution < 1.29 is 0 Å². The van der Waals surface area contributed by atoms with Gasteiger partial charge in [-0.15, -0.1) is 11.8 Å². The molecule has 21 heavy (non-hydrogen) atoms. The summed E-state index contributed by atoms with van der Waals surface area (Å²) in [4.78, 5) is 18.1. The van der Waals surface area contributed by atoms with E-state index in [1.54, 1.807) is 11.8 Å². The summed E-state index contributed by atoms with van der Waals surface area (Å²) < 4.78 is 0.881. The molecule has 1 unspecified atom stereocenters. The standard InChI is InChI=1S/C15H14BrN3OS/c1-21-9-4-2-8(3-5-9)14(17)10-6-12-13(7-11(10)16)19-15(20)18-12/h2-7,14H,17H2,1H3,(H2,18,19,20). The SMILES string of the molecule is CSc1ccc(C(N)c2cc3[nH]c(=O)[nH]c3cc2Br)cc1. The molecule has 0 radical (unpaired) electrons. The normalized spacial score (nSPS) is 12.7. The van der Waals surface area contributed by atoms with Gasteiger partial charge in [-0.2, -0.15) is 0 Å². The molecule has 4 N–H and O–H groups in total. The van der Waals surface area contributed by atoms with Gasteiger partial charge in [0, 0.05) is 9.37 Å². The van der Waals surface area contributed by atoms with Crippen molar-refractivity contribution in [1.82, 2.24) is 9.97 Å². The molecule has 0 saturated carbocycles. The Kier molecular flexibility index (Phi) is 3.93. The highest BCUT2D eigenvalue weighted by Crippen LogP contribution is 2.30. The highest BCUT2D eigenvalue weighted by Gasteiger charge is 2.14. The Morgan fingerprint density at radius 3 is 2.38 bits per heavy atom. The first kappa shape index (κ1) is 14.4. The van der Waals surface area contributed by atoms with E-state index in [9.17, 15) is 4.79 Å². The fourth-order valence-corrected chi connectivity index (χ4v) is 3.30. The fourth-order valence-electron chi connectivity index (χ4n) is 2.30. The van der Waals surface area contributed by atoms with E-state index in [-0.39, 0.29) is 11.7 Å². The van der Waals surface area contributed by atoms with Crippen LogP contribution in [-0.4, -0.2) is 16.2 Å². The number of halogens is 1. The van der Waals surface area contributed by atoms with Gasteiger partial charge in [0.1, 0.15) is 0 Å². The molecule has 4 nitrogen and oxygen atoms in total. The number of H-pyrrole nitrogens is 2. The van der Waals surface area contributed by atoms with Crippen LogP contribution in [0.5, 0.6) is 0 Å². The summed E-state index contributed by atoms with van der Waals surface area (Å²) in [6.45, 7) is 0. The average molecular weight is 364 g/mol. The third kappa shape index (κ3) is 2.79. The van der Waals surface area contributed by atoms with E-state index in [2.05, 4.69) is 38.0 Å². The zero-order valence-electron chi connectivity index (χ0n) is 11.3. The van der Waals surface area contributed by atoms with Gasteiger partial charge in [-0.1, -0.05) is 28.1 Å². The predicted molar refractivity (Wildman–Crippen MR) is 90.9 cm³/mol. The van der Waals surface area contributed by atoms with Gasteiger partial charge in [-0.25, -0.2) is 4.79 Å². The average Bonchev–Trinajstić information content (AvgIpc) is 2.85. The zero-order valence-corrected chi connectivity index (χ0v) is 13.7. The van der Waals surface area contributed by atoms with E-state index in [1.807, 2.05) is 30.5 Å². The van der Waals surface area contributed by atoms with Crippen LogP contribution in [-0.2, 0) is 0 Å². The summed E-state index contributed by atoms with van der Waals surface area (Å²) in [7, 11) is 0. The van der Waals surface area contributed by atoms with Gasteiger partial charge >= 0.3 is 5.69 Å². The molecule has 0 bridgehead atoms. The molecule has 0 saturated heterocycles. The van der Waals surface area contributed by atoms with E-state index in [4.69, 9.17) is 5.73 Å². The number of fused-ring (bicyclic) bond motifs is 1. The van der Waals surface area contributed by atoms with Crippen LogP contribution in [0.4, 0.5) is 0 Å². The van der Waals surface area contributed by atoms with Gasteiger partial charge < -0.3 is 15.7 Å². The van der Waals surface area contributed by atoms with Crippen molar-refractivity contribution >= 4 is 38.7 Å². The Hall–Kier alpha value is -1.50. The molecular formula is C15H14BrN3OS. The monoisotopic (exact) mass is 363 g/mol. The van der Waals surface area contributed by atoms with Gasteiger partial charge in [0.05, 0.1) is 17.1 Å². The van der Waals surface area contributed by atoms with Crippen molar-refractivity contribution in [3.63, 3.8) is 0 Å². The maximum atomic E-state index is 11.4. The number of nitrogens with two attached hydrogens (primary N) is 1. The molecule has 1 aromatic heterocycles. The number of rotatable bonds is 3. The number of aromatic nitrogens is 2. The van der Waals surface area contributed by atoms with Crippen LogP contribution in [0.15, 0.2) is 50.6 Å². The van der Waals surface area contributed by atoms with Crippen LogP contribution in [0.25, 0.3) is 11.0 Å². The van der Waals surface area contributed by atoms with Crippen LogP contribution < -0.4 is 11.4 Å². The number of nitrogens with one attached hydrogen (secondary N) is 2. The molecule has 3 aromatic rings. The lowest BCUT2D eigenvalue weighted by molar-refractivity contribution is 0.866. The molecule has 0 spiro atoms. The summed E-state index contributed by atoms with van der Waals surface area (Å²) >= 11 is 5.23. The Morgan fingerprint density at radius 2 is 1.76 bits per heavy atom. The first-order chi connectivity index (χ1) is 10.1. The highest BCUT2D eigenvalue weighted by molar-refractivity contribution is 9.10. The van der Waals surface area contributed by atoms with Gasteiger partial charge in [0.25, 0.3) is 0 Å². The van der Waals surface area contributed by atoms with Gasteiger partial charge in [-0.05, 0) is 41.6 Å². The number of hydrogen-bond donors (Lipinski definition) is 3. The molecular weight excluding hydrogens is 350 g/mol. The Balaban J connectivity index is 2.04. The summed E-state index contributed by atoms with van der Waals surface area (Å²) in [5.41, 5.74) is 9.65. The molecule has 108 valence electrons. The van der Waals surface area contributed by atoms with E-state index in [0.717, 1.165) is 26.6 Å². The summed E-state index contributed by atoms with van der Waals surface area (Å²) in [6.07, 6.45) is 2.04. The number of hydrogen-bond acceptors (Lipinski definition) is 3. The third-order valence-electron chi connectivity index (χ3n) is 3.44. The molecule has 6 heteroatoms. The molecule has 0 fully saturated rings. The van der Waals surface area contributed by atoms with E-state index < -0.39 is 0 Å². The minimum absolute atomic E-state index is 0.216. The predicted octanol–water partition coefficient (Wildman–Crippen LogP) is 3.39. The van der Waals surface area contributed by atoms with Crippen molar-refractivity contribution in [2.45, 2.75) is 10.9 Å². The Labute approximate surface area is 134 Å². The Morgan fingerprint density at radius 1 is 1.14 bits per heavy atom. The quantitative estimate of drug-likeness (QED) is 0.624. The summed E-state index contributed by atoms with van der Waals surface area (Å²) in [6, 6.07) is 11.7. The van der Waals surface area contributed by atoms with Crippen LogP contribution in [0.3, 0.4) is 0 Å². The number of thioether (sulfide) groups is 1. The topological polar surface area (TPSA) is 74.7 Å². The second kappa shape index (κ2) is 5.71. The second-order valence-electron chi connectivity index (χ2n) is 4.75. The summed E-state index contributed by atoms with van der Waals surface area (Å²) in [5.74, 6) is 0. The first-order valence-electron chi connectivity index (χ1n) is 6.39. The smallest absolute Gasteiger partial charge is 0.320 e. The van der Waals surface area contributed by atoms with Crippen LogP contribution in [0.1, 0.15) is 17.2 Å².